The Bertz CT molecular complexity index is 1050. The highest BCUT2D eigenvalue weighted by Crippen LogP contribution is 2.30. The molecule has 0 aliphatic heterocycles. The van der Waals surface area contributed by atoms with Gasteiger partial charge >= 0.3 is 5.97 Å². The van der Waals surface area contributed by atoms with E-state index >= 15 is 0 Å². The van der Waals surface area contributed by atoms with Crippen LogP contribution in [0.15, 0.2) is 40.8 Å². The molecule has 0 unspecified atom stereocenters. The Morgan fingerprint density at radius 2 is 1.93 bits per heavy atom. The summed E-state index contributed by atoms with van der Waals surface area (Å²) in [6.07, 6.45) is 1.33. The van der Waals surface area contributed by atoms with Crippen molar-refractivity contribution in [2.24, 2.45) is 0 Å². The SMILES string of the molecule is Cc1ccc(-c2csc3ncn(CC(=O)OCC(=O)N(C)C)c(=O)c23)cc1. The van der Waals surface area contributed by atoms with E-state index in [1.165, 1.54) is 27.1 Å². The van der Waals surface area contributed by atoms with Crippen molar-refractivity contribution >= 4 is 33.4 Å². The molecule has 3 aromatic rings. The van der Waals surface area contributed by atoms with Crippen LogP contribution >= 0.6 is 11.3 Å². The Morgan fingerprint density at radius 3 is 2.59 bits per heavy atom. The predicted octanol–water partition coefficient (Wildman–Crippen LogP) is 2.06. The number of fused-ring (bicyclic) bond motifs is 1. The van der Waals surface area contributed by atoms with Gasteiger partial charge in [-0.15, -0.1) is 11.3 Å². The Kier molecular flexibility index (Phi) is 5.36. The first-order chi connectivity index (χ1) is 12.9. The van der Waals surface area contributed by atoms with E-state index in [0.29, 0.717) is 10.2 Å². The lowest BCUT2D eigenvalue weighted by Gasteiger charge is -2.11. The largest absolute Gasteiger partial charge is 0.454 e. The molecule has 0 radical (unpaired) electrons. The summed E-state index contributed by atoms with van der Waals surface area (Å²) >= 11 is 1.38. The molecule has 0 saturated heterocycles. The maximum absolute atomic E-state index is 12.9. The first-order valence-corrected chi connectivity index (χ1v) is 9.14. The molecule has 2 heterocycles. The van der Waals surface area contributed by atoms with Crippen molar-refractivity contribution in [1.29, 1.82) is 0 Å². The minimum atomic E-state index is -0.666. The van der Waals surface area contributed by atoms with E-state index in [-0.39, 0.29) is 24.6 Å². The van der Waals surface area contributed by atoms with Gasteiger partial charge in [-0.3, -0.25) is 19.0 Å². The average Bonchev–Trinajstić information content (AvgIpc) is 3.07. The minimum absolute atomic E-state index is 0.300. The van der Waals surface area contributed by atoms with Crippen molar-refractivity contribution in [2.45, 2.75) is 13.5 Å². The van der Waals surface area contributed by atoms with Crippen molar-refractivity contribution in [2.75, 3.05) is 20.7 Å². The third kappa shape index (κ3) is 4.06. The van der Waals surface area contributed by atoms with Crippen molar-refractivity contribution in [3.63, 3.8) is 0 Å². The zero-order valence-corrected chi connectivity index (χ0v) is 16.1. The van der Waals surface area contributed by atoms with Gasteiger partial charge in [-0.1, -0.05) is 29.8 Å². The van der Waals surface area contributed by atoms with Crippen molar-refractivity contribution < 1.29 is 14.3 Å². The van der Waals surface area contributed by atoms with Gasteiger partial charge in [0.25, 0.3) is 11.5 Å². The summed E-state index contributed by atoms with van der Waals surface area (Å²) in [6.45, 7) is 1.34. The number of aromatic nitrogens is 2. The number of rotatable bonds is 5. The van der Waals surface area contributed by atoms with Gasteiger partial charge in [-0.2, -0.15) is 0 Å². The van der Waals surface area contributed by atoms with E-state index in [4.69, 9.17) is 4.74 Å². The molecule has 3 rings (SSSR count). The molecule has 1 amide bonds. The Hall–Kier alpha value is -3.00. The first-order valence-electron chi connectivity index (χ1n) is 8.26. The normalized spacial score (nSPS) is 10.8. The van der Waals surface area contributed by atoms with E-state index in [1.807, 2.05) is 36.6 Å². The predicted molar refractivity (Wildman–Crippen MR) is 104 cm³/mol. The molecule has 0 fully saturated rings. The summed E-state index contributed by atoms with van der Waals surface area (Å²) in [6, 6.07) is 7.86. The number of amides is 1. The molecule has 7 nitrogen and oxygen atoms in total. The molecule has 2 aromatic heterocycles. The summed E-state index contributed by atoms with van der Waals surface area (Å²) in [7, 11) is 3.14. The van der Waals surface area contributed by atoms with Gasteiger partial charge in [0.1, 0.15) is 11.4 Å². The van der Waals surface area contributed by atoms with E-state index in [2.05, 4.69) is 4.98 Å². The van der Waals surface area contributed by atoms with Gasteiger partial charge in [0.05, 0.1) is 11.7 Å². The highest BCUT2D eigenvalue weighted by Gasteiger charge is 2.16. The number of hydrogen-bond acceptors (Lipinski definition) is 6. The topological polar surface area (TPSA) is 81.5 Å². The molecule has 8 heteroatoms. The summed E-state index contributed by atoms with van der Waals surface area (Å²) in [5.41, 5.74) is 2.53. The van der Waals surface area contributed by atoms with Crippen LogP contribution in [0.4, 0.5) is 0 Å². The van der Waals surface area contributed by atoms with Crippen LogP contribution in [0.25, 0.3) is 21.3 Å². The van der Waals surface area contributed by atoms with Crippen LogP contribution in [-0.4, -0.2) is 47.0 Å². The van der Waals surface area contributed by atoms with Crippen LogP contribution < -0.4 is 5.56 Å². The van der Waals surface area contributed by atoms with Gasteiger partial charge in [0.15, 0.2) is 6.61 Å². The average molecular weight is 385 g/mol. The van der Waals surface area contributed by atoms with Crippen LogP contribution in [0.1, 0.15) is 5.56 Å². The van der Waals surface area contributed by atoms with E-state index in [0.717, 1.165) is 16.7 Å². The molecule has 0 aliphatic carbocycles. The van der Waals surface area contributed by atoms with Crippen LogP contribution in [0.2, 0.25) is 0 Å². The summed E-state index contributed by atoms with van der Waals surface area (Å²) in [5, 5.41) is 2.37. The molecule has 1 aromatic carbocycles. The number of benzene rings is 1. The number of carbonyl (C=O) groups is 2. The number of esters is 1. The fraction of sp³-hybridized carbons (Fsp3) is 0.263. The smallest absolute Gasteiger partial charge is 0.326 e. The molecular weight excluding hydrogens is 366 g/mol. The monoisotopic (exact) mass is 385 g/mol. The highest BCUT2D eigenvalue weighted by atomic mass is 32.1. The standard InChI is InChI=1S/C19H19N3O4S/c1-12-4-6-13(7-5-12)14-10-27-18-17(14)19(25)22(11-20-18)8-16(24)26-9-15(23)21(2)3/h4-7,10-11H,8-9H2,1-3H3. The zero-order chi connectivity index (χ0) is 19.6. The number of ether oxygens (including phenoxy) is 1. The lowest BCUT2D eigenvalue weighted by molar-refractivity contribution is -0.151. The fourth-order valence-corrected chi connectivity index (χ4v) is 3.39. The molecule has 0 saturated carbocycles. The summed E-state index contributed by atoms with van der Waals surface area (Å²) in [5.74, 6) is -0.996. The lowest BCUT2D eigenvalue weighted by Crippen LogP contribution is -2.30. The van der Waals surface area contributed by atoms with E-state index < -0.39 is 5.97 Å². The Morgan fingerprint density at radius 1 is 1.22 bits per heavy atom. The van der Waals surface area contributed by atoms with Crippen molar-refractivity contribution in [3.8, 4) is 11.1 Å². The molecule has 0 bridgehead atoms. The second-order valence-corrected chi connectivity index (χ2v) is 7.18. The van der Waals surface area contributed by atoms with E-state index in [1.54, 1.807) is 14.1 Å². The molecule has 0 aliphatic rings. The summed E-state index contributed by atoms with van der Waals surface area (Å²) < 4.78 is 6.13. The molecule has 27 heavy (non-hydrogen) atoms. The number of carbonyl (C=O) groups excluding carboxylic acids is 2. The zero-order valence-electron chi connectivity index (χ0n) is 15.3. The Balaban J connectivity index is 1.87. The number of thiophene rings is 1. The van der Waals surface area contributed by atoms with Gasteiger partial charge in [0, 0.05) is 25.0 Å². The number of nitrogens with zero attached hydrogens (tertiary/aromatic N) is 3. The maximum atomic E-state index is 12.9. The third-order valence-electron chi connectivity index (χ3n) is 4.08. The minimum Gasteiger partial charge on any atom is -0.454 e. The van der Waals surface area contributed by atoms with Crippen LogP contribution in [0.5, 0.6) is 0 Å². The summed E-state index contributed by atoms with van der Waals surface area (Å²) in [4.78, 5) is 42.6. The Labute approximate surface area is 159 Å². The number of hydrogen-bond donors (Lipinski definition) is 0. The van der Waals surface area contributed by atoms with Crippen molar-refractivity contribution in [1.82, 2.24) is 14.5 Å². The molecule has 0 atom stereocenters. The van der Waals surface area contributed by atoms with E-state index in [9.17, 15) is 14.4 Å². The molecule has 140 valence electrons. The number of likely N-dealkylation sites (N-methyl/N-ethyl adjacent to an activating group) is 1. The third-order valence-corrected chi connectivity index (χ3v) is 4.96. The lowest BCUT2D eigenvalue weighted by atomic mass is 10.1. The van der Waals surface area contributed by atoms with Gasteiger partial charge in [-0.05, 0) is 12.5 Å². The van der Waals surface area contributed by atoms with Crippen LogP contribution in [0, 0.1) is 6.92 Å². The fourth-order valence-electron chi connectivity index (χ4n) is 2.48. The maximum Gasteiger partial charge on any atom is 0.326 e. The van der Waals surface area contributed by atoms with Crippen LogP contribution in [-0.2, 0) is 20.9 Å². The molecular formula is C19H19N3O4S. The van der Waals surface area contributed by atoms with Crippen molar-refractivity contribution in [3.05, 3.63) is 51.9 Å². The molecule has 0 N–H and O–H groups in total. The highest BCUT2D eigenvalue weighted by molar-refractivity contribution is 7.17. The van der Waals surface area contributed by atoms with Gasteiger partial charge in [0.2, 0.25) is 0 Å². The van der Waals surface area contributed by atoms with Crippen LogP contribution in [0.3, 0.4) is 0 Å². The quantitative estimate of drug-likeness (QED) is 0.628. The second-order valence-electron chi connectivity index (χ2n) is 6.32. The second kappa shape index (κ2) is 7.71. The number of aryl methyl sites for hydroxylation is 1. The van der Waals surface area contributed by atoms with Gasteiger partial charge in [-0.25, -0.2) is 4.98 Å². The molecule has 0 spiro atoms. The van der Waals surface area contributed by atoms with Gasteiger partial charge < -0.3 is 9.64 Å². The first kappa shape index (κ1) is 18.8.